The number of hydrogen-bond donors (Lipinski definition) is 1. The van der Waals surface area contributed by atoms with Crippen LogP contribution in [0, 0.1) is 15.3 Å². The first-order valence-electron chi connectivity index (χ1n) is 5.76. The van der Waals surface area contributed by atoms with Gasteiger partial charge < -0.3 is 16.1 Å². The van der Waals surface area contributed by atoms with Gasteiger partial charge in [-0.2, -0.15) is 0 Å². The van der Waals surface area contributed by atoms with Crippen LogP contribution >= 0.6 is 23.4 Å². The number of hydrogen-bond acceptors (Lipinski definition) is 7. The monoisotopic (exact) mass is 329 g/mol. The first-order valence-corrected chi connectivity index (χ1v) is 6.95. The zero-order valence-corrected chi connectivity index (χ0v) is 12.1. The summed E-state index contributed by atoms with van der Waals surface area (Å²) in [6, 6.07) is 4.12. The molecule has 0 aromatic heterocycles. The summed E-state index contributed by atoms with van der Waals surface area (Å²) in [7, 11) is 0. The van der Waals surface area contributed by atoms with Crippen LogP contribution in [0.1, 0.15) is 5.56 Å². The van der Waals surface area contributed by atoms with E-state index in [4.69, 9.17) is 17.3 Å². The van der Waals surface area contributed by atoms with Gasteiger partial charge in [0.15, 0.2) is 0 Å². The number of hydroxylamine groups is 1. The minimum absolute atomic E-state index is 0.000962. The second-order valence-electron chi connectivity index (χ2n) is 4.00. The van der Waals surface area contributed by atoms with E-state index < -0.39 is 10.2 Å². The van der Waals surface area contributed by atoms with E-state index in [1.54, 1.807) is 0 Å². The number of carbonyl (C=O) groups excluding carboxylic acids is 1. The number of carbonyl (C=O) groups is 1. The molecule has 0 atom stereocenters. The SMILES string of the molecule is NCCN1C(=O)S/C(=C/c2ccc(Cl)c([N+](=O)[O-])c2)N1[O-]. The summed E-state index contributed by atoms with van der Waals surface area (Å²) >= 11 is 6.45. The minimum Gasteiger partial charge on any atom is -0.738 e. The number of thioether (sulfide) groups is 1. The molecule has 1 aromatic rings. The van der Waals surface area contributed by atoms with Crippen LogP contribution in [-0.4, -0.2) is 33.4 Å². The lowest BCUT2D eigenvalue weighted by molar-refractivity contribution is -0.384. The third-order valence-electron chi connectivity index (χ3n) is 2.61. The van der Waals surface area contributed by atoms with E-state index in [0.29, 0.717) is 10.7 Å². The van der Waals surface area contributed by atoms with Gasteiger partial charge in [-0.15, -0.1) is 0 Å². The predicted molar refractivity (Wildman–Crippen MR) is 80.0 cm³/mol. The maximum absolute atomic E-state index is 11.9. The molecule has 1 heterocycles. The summed E-state index contributed by atoms with van der Waals surface area (Å²) in [6.45, 7) is 0.262. The number of hydrazine groups is 1. The molecule has 2 N–H and O–H groups in total. The Balaban J connectivity index is 2.30. The van der Waals surface area contributed by atoms with Crippen LogP contribution in [0.4, 0.5) is 10.5 Å². The maximum Gasteiger partial charge on any atom is 0.305 e. The molecule has 10 heteroatoms. The predicted octanol–water partition coefficient (Wildman–Crippen LogP) is 2.39. The van der Waals surface area contributed by atoms with Gasteiger partial charge in [-0.1, -0.05) is 17.7 Å². The summed E-state index contributed by atoms with van der Waals surface area (Å²) in [4.78, 5) is 21.8. The molecule has 1 saturated heterocycles. The normalized spacial score (nSPS) is 16.9. The summed E-state index contributed by atoms with van der Waals surface area (Å²) in [5.74, 6) is 0. The highest BCUT2D eigenvalue weighted by Crippen LogP contribution is 2.35. The Bertz CT molecular complexity index is 624. The number of nitrogens with two attached hydrogens (primary N) is 1. The summed E-state index contributed by atoms with van der Waals surface area (Å²) < 4.78 is 0. The Kier molecular flexibility index (Phi) is 4.68. The largest absolute Gasteiger partial charge is 0.738 e. The van der Waals surface area contributed by atoms with Crippen LogP contribution in [0.25, 0.3) is 6.08 Å². The molecule has 0 radical (unpaired) electrons. The number of nitrogens with zero attached hydrogens (tertiary/aromatic N) is 3. The van der Waals surface area contributed by atoms with E-state index >= 15 is 0 Å². The second-order valence-corrected chi connectivity index (χ2v) is 5.38. The molecule has 0 aliphatic carbocycles. The van der Waals surface area contributed by atoms with Crippen molar-refractivity contribution in [3.8, 4) is 0 Å². The van der Waals surface area contributed by atoms with Gasteiger partial charge in [-0.3, -0.25) is 19.9 Å². The van der Waals surface area contributed by atoms with Crippen LogP contribution in [0.5, 0.6) is 0 Å². The van der Waals surface area contributed by atoms with Crippen molar-refractivity contribution in [1.29, 1.82) is 0 Å². The number of amides is 1. The molecule has 1 aliphatic heterocycles. The Morgan fingerprint density at radius 3 is 2.81 bits per heavy atom. The average Bonchev–Trinajstić information content (AvgIpc) is 2.69. The summed E-state index contributed by atoms with van der Waals surface area (Å²) in [5.41, 5.74) is 5.46. The molecular weight excluding hydrogens is 320 g/mol. The molecule has 21 heavy (non-hydrogen) atoms. The lowest BCUT2D eigenvalue weighted by Crippen LogP contribution is -2.37. The first-order chi connectivity index (χ1) is 9.93. The molecule has 1 aromatic carbocycles. The van der Waals surface area contributed by atoms with Gasteiger partial charge in [0.25, 0.3) is 5.69 Å². The van der Waals surface area contributed by atoms with Crippen LogP contribution in [0.15, 0.2) is 23.2 Å². The standard InChI is InChI=1S/C11H10ClN4O4S/c12-8-2-1-7(5-9(8)16(19)20)6-10-15(18)14(4-3-13)11(17)21-10/h1-2,5-6H,3-4,13H2/q-1/b10-6+. The lowest BCUT2D eigenvalue weighted by atomic mass is 10.2. The molecule has 112 valence electrons. The van der Waals surface area contributed by atoms with Gasteiger partial charge in [0.1, 0.15) is 5.02 Å². The Hall–Kier alpha value is -1.81. The van der Waals surface area contributed by atoms with Gasteiger partial charge in [-0.25, -0.2) is 0 Å². The van der Waals surface area contributed by atoms with Crippen molar-refractivity contribution in [3.05, 3.63) is 49.1 Å². The lowest BCUT2D eigenvalue weighted by Gasteiger charge is -2.33. The highest BCUT2D eigenvalue weighted by molar-refractivity contribution is 8.17. The molecule has 0 spiro atoms. The number of nitro groups is 1. The minimum atomic E-state index is -0.618. The summed E-state index contributed by atoms with van der Waals surface area (Å²) in [5, 5.41) is 23.8. The number of halogens is 1. The third-order valence-corrected chi connectivity index (χ3v) is 3.80. The van der Waals surface area contributed by atoms with Crippen molar-refractivity contribution in [2.24, 2.45) is 5.73 Å². The highest BCUT2D eigenvalue weighted by Gasteiger charge is 2.27. The molecule has 1 aliphatic rings. The third kappa shape index (κ3) is 3.27. The average molecular weight is 330 g/mol. The van der Waals surface area contributed by atoms with E-state index in [0.717, 1.165) is 16.8 Å². The zero-order chi connectivity index (χ0) is 15.6. The van der Waals surface area contributed by atoms with Crippen LogP contribution in [0.3, 0.4) is 0 Å². The topological polar surface area (TPSA) is 116 Å². The molecule has 0 bridgehead atoms. The number of rotatable bonds is 4. The van der Waals surface area contributed by atoms with Crippen molar-refractivity contribution < 1.29 is 9.72 Å². The van der Waals surface area contributed by atoms with Crippen molar-refractivity contribution >= 4 is 40.4 Å². The van der Waals surface area contributed by atoms with Gasteiger partial charge in [0, 0.05) is 12.6 Å². The van der Waals surface area contributed by atoms with Crippen molar-refractivity contribution in [2.45, 2.75) is 0 Å². The first kappa shape index (κ1) is 15.6. The van der Waals surface area contributed by atoms with Crippen molar-refractivity contribution in [2.75, 3.05) is 13.1 Å². The Labute approximate surface area is 128 Å². The fourth-order valence-corrected chi connectivity index (χ4v) is 2.67. The maximum atomic E-state index is 11.9. The fraction of sp³-hybridized carbons (Fsp3) is 0.182. The smallest absolute Gasteiger partial charge is 0.305 e. The fourth-order valence-electron chi connectivity index (χ4n) is 1.67. The van der Waals surface area contributed by atoms with E-state index in [2.05, 4.69) is 0 Å². The molecular formula is C11H10ClN4O4S-. The van der Waals surface area contributed by atoms with Gasteiger partial charge in [0.2, 0.25) is 0 Å². The Morgan fingerprint density at radius 2 is 2.19 bits per heavy atom. The number of nitro benzene ring substituents is 1. The molecule has 1 amide bonds. The van der Waals surface area contributed by atoms with Gasteiger partial charge in [0.05, 0.1) is 16.5 Å². The van der Waals surface area contributed by atoms with Gasteiger partial charge in [-0.05, 0) is 29.5 Å². The van der Waals surface area contributed by atoms with Crippen molar-refractivity contribution in [1.82, 2.24) is 10.2 Å². The molecule has 8 nitrogen and oxygen atoms in total. The van der Waals surface area contributed by atoms with Crippen LogP contribution < -0.4 is 5.73 Å². The highest BCUT2D eigenvalue weighted by atomic mass is 35.5. The molecule has 0 unspecified atom stereocenters. The zero-order valence-electron chi connectivity index (χ0n) is 10.6. The molecule has 0 saturated carbocycles. The van der Waals surface area contributed by atoms with Crippen LogP contribution in [-0.2, 0) is 0 Å². The second kappa shape index (κ2) is 6.31. The number of benzene rings is 1. The van der Waals surface area contributed by atoms with Crippen LogP contribution in [0.2, 0.25) is 5.02 Å². The Morgan fingerprint density at radius 1 is 1.48 bits per heavy atom. The quantitative estimate of drug-likeness (QED) is 0.665. The van der Waals surface area contributed by atoms with Crippen molar-refractivity contribution in [3.63, 3.8) is 0 Å². The summed E-state index contributed by atoms with van der Waals surface area (Å²) in [6.07, 6.45) is 1.38. The van der Waals surface area contributed by atoms with E-state index in [1.807, 2.05) is 0 Å². The van der Waals surface area contributed by atoms with E-state index in [-0.39, 0.29) is 28.8 Å². The molecule has 1 fully saturated rings. The van der Waals surface area contributed by atoms with E-state index in [9.17, 15) is 20.1 Å². The van der Waals surface area contributed by atoms with E-state index in [1.165, 1.54) is 24.3 Å². The molecule has 2 rings (SSSR count). The van der Waals surface area contributed by atoms with Gasteiger partial charge >= 0.3 is 5.24 Å².